The highest BCUT2D eigenvalue weighted by Crippen LogP contribution is 2.23. The molecule has 30 heavy (non-hydrogen) atoms. The maximum Gasteiger partial charge on any atom is 0.387 e. The van der Waals surface area contributed by atoms with E-state index in [4.69, 9.17) is 4.74 Å². The largest absolute Gasteiger partial charge is 0.451 e. The van der Waals surface area contributed by atoms with Gasteiger partial charge in [0.2, 0.25) is 5.78 Å². The molecule has 0 saturated heterocycles. The van der Waals surface area contributed by atoms with E-state index in [1.165, 1.54) is 47.1 Å². The van der Waals surface area contributed by atoms with Gasteiger partial charge in [0.1, 0.15) is 17.4 Å². The van der Waals surface area contributed by atoms with Gasteiger partial charge in [-0.1, -0.05) is 11.6 Å². The predicted octanol–water partition coefficient (Wildman–Crippen LogP) is 3.66. The maximum atomic E-state index is 13.1. The molecule has 0 spiro atoms. The first-order chi connectivity index (χ1) is 14.2. The number of esters is 1. The standard InChI is InChI=1S/C20H16F3N3O4/c1-11-3-8-17(30-20(22)23)15(9-11)16(27)10-29-19(28)18-24-12(2)26(25-18)14-6-4-13(21)5-7-14/h3-9,20H,10H2,1-2H3. The van der Waals surface area contributed by atoms with Gasteiger partial charge in [0, 0.05) is 0 Å². The van der Waals surface area contributed by atoms with E-state index in [1.807, 2.05) is 0 Å². The second kappa shape index (κ2) is 8.76. The van der Waals surface area contributed by atoms with Crippen LogP contribution in [-0.4, -0.2) is 39.7 Å². The molecule has 3 aromatic rings. The van der Waals surface area contributed by atoms with E-state index in [2.05, 4.69) is 14.8 Å². The van der Waals surface area contributed by atoms with E-state index in [9.17, 15) is 22.8 Å². The Bertz CT molecular complexity index is 1080. The molecular weight excluding hydrogens is 403 g/mol. The van der Waals surface area contributed by atoms with Crippen molar-refractivity contribution >= 4 is 11.8 Å². The summed E-state index contributed by atoms with van der Waals surface area (Å²) in [6.07, 6.45) is 0. The number of hydrogen-bond acceptors (Lipinski definition) is 6. The first-order valence-electron chi connectivity index (χ1n) is 8.70. The van der Waals surface area contributed by atoms with Crippen LogP contribution in [0.25, 0.3) is 5.69 Å². The zero-order chi connectivity index (χ0) is 21.8. The number of carbonyl (C=O) groups is 2. The molecule has 0 radical (unpaired) electrons. The number of hydrogen-bond donors (Lipinski definition) is 0. The fourth-order valence-electron chi connectivity index (χ4n) is 2.64. The number of benzene rings is 2. The zero-order valence-electron chi connectivity index (χ0n) is 15.9. The molecule has 0 atom stereocenters. The van der Waals surface area contributed by atoms with Crippen molar-refractivity contribution in [1.29, 1.82) is 0 Å². The van der Waals surface area contributed by atoms with Crippen molar-refractivity contribution < 1.29 is 32.2 Å². The number of aryl methyl sites for hydroxylation is 2. The molecule has 0 aliphatic heterocycles. The maximum absolute atomic E-state index is 13.1. The number of alkyl halides is 2. The van der Waals surface area contributed by atoms with Crippen LogP contribution in [0.1, 0.15) is 32.4 Å². The second-order valence-corrected chi connectivity index (χ2v) is 6.25. The van der Waals surface area contributed by atoms with Gasteiger partial charge in [-0.15, -0.1) is 5.10 Å². The molecule has 0 aliphatic carbocycles. The quantitative estimate of drug-likeness (QED) is 0.429. The van der Waals surface area contributed by atoms with E-state index in [0.717, 1.165) is 0 Å². The van der Waals surface area contributed by atoms with Gasteiger partial charge in [0.15, 0.2) is 6.61 Å². The monoisotopic (exact) mass is 419 g/mol. The Hall–Kier alpha value is -3.69. The van der Waals surface area contributed by atoms with Crippen molar-refractivity contribution in [2.24, 2.45) is 0 Å². The Kier molecular flexibility index (Phi) is 6.14. The number of Topliss-reactive ketones (excluding diaryl/α,β-unsaturated/α-hetero) is 1. The van der Waals surface area contributed by atoms with Crippen LogP contribution >= 0.6 is 0 Å². The summed E-state index contributed by atoms with van der Waals surface area (Å²) in [5.41, 5.74) is 0.982. The van der Waals surface area contributed by atoms with E-state index >= 15 is 0 Å². The summed E-state index contributed by atoms with van der Waals surface area (Å²) in [5.74, 6) is -2.41. The summed E-state index contributed by atoms with van der Waals surface area (Å²) in [7, 11) is 0. The minimum Gasteiger partial charge on any atom is -0.451 e. The Labute approximate surface area is 169 Å². The lowest BCUT2D eigenvalue weighted by molar-refractivity contribution is -0.0502. The van der Waals surface area contributed by atoms with Crippen LogP contribution in [0.2, 0.25) is 0 Å². The Balaban J connectivity index is 1.72. The minimum atomic E-state index is -3.11. The molecule has 0 unspecified atom stereocenters. The third-order valence-electron chi connectivity index (χ3n) is 4.01. The number of ketones is 1. The number of carbonyl (C=O) groups excluding carboxylic acids is 2. The Morgan fingerprint density at radius 3 is 2.47 bits per heavy atom. The van der Waals surface area contributed by atoms with Gasteiger partial charge in [-0.25, -0.2) is 18.9 Å². The van der Waals surface area contributed by atoms with Crippen molar-refractivity contribution in [2.45, 2.75) is 20.5 Å². The van der Waals surface area contributed by atoms with Crippen LogP contribution < -0.4 is 4.74 Å². The number of rotatable bonds is 7. The molecule has 0 bridgehead atoms. The first-order valence-corrected chi connectivity index (χ1v) is 8.70. The molecule has 1 aromatic heterocycles. The molecule has 0 amide bonds. The third kappa shape index (κ3) is 4.83. The number of ether oxygens (including phenoxy) is 2. The molecular formula is C20H16F3N3O4. The fraction of sp³-hybridized carbons (Fsp3) is 0.200. The topological polar surface area (TPSA) is 83.3 Å². The molecule has 0 fully saturated rings. The minimum absolute atomic E-state index is 0.135. The second-order valence-electron chi connectivity index (χ2n) is 6.25. The predicted molar refractivity (Wildman–Crippen MR) is 98.5 cm³/mol. The normalized spacial score (nSPS) is 10.9. The van der Waals surface area contributed by atoms with E-state index in [0.29, 0.717) is 17.1 Å². The summed E-state index contributed by atoms with van der Waals surface area (Å²) in [6, 6.07) is 9.48. The van der Waals surface area contributed by atoms with Crippen LogP contribution in [0.15, 0.2) is 42.5 Å². The van der Waals surface area contributed by atoms with Crippen LogP contribution in [0.3, 0.4) is 0 Å². The van der Waals surface area contributed by atoms with Crippen molar-refractivity contribution in [3.8, 4) is 11.4 Å². The summed E-state index contributed by atoms with van der Waals surface area (Å²) in [4.78, 5) is 28.6. The molecule has 0 aliphatic rings. The Morgan fingerprint density at radius 2 is 1.80 bits per heavy atom. The van der Waals surface area contributed by atoms with Gasteiger partial charge in [0.05, 0.1) is 11.3 Å². The van der Waals surface area contributed by atoms with Crippen LogP contribution in [0.5, 0.6) is 5.75 Å². The molecule has 3 rings (SSSR count). The number of nitrogens with zero attached hydrogens (tertiary/aromatic N) is 3. The van der Waals surface area contributed by atoms with Crippen LogP contribution in [-0.2, 0) is 4.74 Å². The first kappa shape index (κ1) is 21.0. The van der Waals surface area contributed by atoms with Crippen molar-refractivity contribution in [2.75, 3.05) is 6.61 Å². The lowest BCUT2D eigenvalue weighted by atomic mass is 10.1. The summed E-state index contributed by atoms with van der Waals surface area (Å²) in [6.45, 7) is -0.571. The SMILES string of the molecule is Cc1ccc(OC(F)F)c(C(=O)COC(=O)c2nc(C)n(-c3ccc(F)cc3)n2)c1. The van der Waals surface area contributed by atoms with E-state index in [1.54, 1.807) is 13.8 Å². The lowest BCUT2D eigenvalue weighted by Crippen LogP contribution is -2.17. The van der Waals surface area contributed by atoms with Crippen molar-refractivity contribution in [3.05, 3.63) is 71.1 Å². The van der Waals surface area contributed by atoms with Gasteiger partial charge >= 0.3 is 12.6 Å². The molecule has 2 aromatic carbocycles. The van der Waals surface area contributed by atoms with Gasteiger partial charge in [-0.2, -0.15) is 8.78 Å². The summed E-state index contributed by atoms with van der Waals surface area (Å²) in [5, 5.41) is 4.00. The third-order valence-corrected chi connectivity index (χ3v) is 4.01. The van der Waals surface area contributed by atoms with Crippen molar-refractivity contribution in [3.63, 3.8) is 0 Å². The average molecular weight is 419 g/mol. The van der Waals surface area contributed by atoms with Gasteiger partial charge < -0.3 is 9.47 Å². The van der Waals surface area contributed by atoms with Crippen LogP contribution in [0.4, 0.5) is 13.2 Å². The molecule has 10 heteroatoms. The van der Waals surface area contributed by atoms with Crippen molar-refractivity contribution in [1.82, 2.24) is 14.8 Å². The van der Waals surface area contributed by atoms with Gasteiger partial charge in [-0.05, 0) is 50.2 Å². The highest BCUT2D eigenvalue weighted by Gasteiger charge is 2.21. The molecule has 0 N–H and O–H groups in total. The fourth-order valence-corrected chi connectivity index (χ4v) is 2.64. The smallest absolute Gasteiger partial charge is 0.387 e. The zero-order valence-corrected chi connectivity index (χ0v) is 15.9. The van der Waals surface area contributed by atoms with E-state index < -0.39 is 30.8 Å². The highest BCUT2D eigenvalue weighted by molar-refractivity contribution is 6.01. The number of aromatic nitrogens is 3. The number of halogens is 3. The molecule has 1 heterocycles. The molecule has 156 valence electrons. The molecule has 7 nitrogen and oxygen atoms in total. The Morgan fingerprint density at radius 1 is 1.10 bits per heavy atom. The average Bonchev–Trinajstić information content (AvgIpc) is 3.09. The summed E-state index contributed by atoms with van der Waals surface area (Å²) < 4.78 is 48.8. The van der Waals surface area contributed by atoms with Gasteiger partial charge in [-0.3, -0.25) is 4.79 Å². The van der Waals surface area contributed by atoms with E-state index in [-0.39, 0.29) is 17.1 Å². The lowest BCUT2D eigenvalue weighted by Gasteiger charge is -2.10. The van der Waals surface area contributed by atoms with Gasteiger partial charge in [0.25, 0.3) is 5.82 Å². The van der Waals surface area contributed by atoms with Crippen LogP contribution in [0, 0.1) is 19.7 Å². The summed E-state index contributed by atoms with van der Waals surface area (Å²) >= 11 is 0. The highest BCUT2D eigenvalue weighted by atomic mass is 19.3. The molecule has 0 saturated carbocycles.